The van der Waals surface area contributed by atoms with Crippen LogP contribution in [-0.2, 0) is 12.4 Å². The lowest BCUT2D eigenvalue weighted by Crippen LogP contribution is -2.28. The Hall–Kier alpha value is -2.46. The summed E-state index contributed by atoms with van der Waals surface area (Å²) in [6.45, 7) is 0.679. The summed E-state index contributed by atoms with van der Waals surface area (Å²) in [5, 5.41) is 0. The summed E-state index contributed by atoms with van der Waals surface area (Å²) in [7, 11) is 0. The Bertz CT molecular complexity index is 1010. The molecule has 3 nitrogen and oxygen atoms in total. The minimum Gasteiger partial charge on any atom is -0.492 e. The molecule has 1 atom stereocenters. The van der Waals surface area contributed by atoms with E-state index in [0.717, 1.165) is 30.7 Å². The molecule has 0 radical (unpaired) electrons. The van der Waals surface area contributed by atoms with Crippen LogP contribution >= 0.6 is 24.8 Å². The zero-order valence-corrected chi connectivity index (χ0v) is 20.5. The Morgan fingerprint density at radius 2 is 1.08 bits per heavy atom. The molecule has 4 N–H and O–H groups in total. The summed E-state index contributed by atoms with van der Waals surface area (Å²) < 4.78 is 83.4. The Labute approximate surface area is 217 Å². The quantitative estimate of drug-likeness (QED) is 0.286. The smallest absolute Gasteiger partial charge is 0.416 e. The third-order valence-corrected chi connectivity index (χ3v) is 5.24. The molecule has 0 heterocycles. The van der Waals surface area contributed by atoms with E-state index >= 15 is 0 Å². The summed E-state index contributed by atoms with van der Waals surface area (Å²) in [5.41, 5.74) is 12.1. The Morgan fingerprint density at radius 3 is 1.44 bits per heavy atom. The van der Waals surface area contributed by atoms with Gasteiger partial charge in [-0.15, -0.1) is 24.8 Å². The molecule has 0 saturated heterocycles. The van der Waals surface area contributed by atoms with E-state index in [2.05, 4.69) is 0 Å². The normalized spacial score (nSPS) is 12.3. The third kappa shape index (κ3) is 8.58. The maximum atomic E-state index is 12.9. The molecule has 0 aliphatic rings. The van der Waals surface area contributed by atoms with Gasteiger partial charge >= 0.3 is 12.4 Å². The van der Waals surface area contributed by atoms with E-state index < -0.39 is 23.5 Å². The zero-order valence-electron chi connectivity index (χ0n) is 18.9. The first-order valence-electron chi connectivity index (χ1n) is 10.6. The van der Waals surface area contributed by atoms with Crippen molar-refractivity contribution in [2.24, 2.45) is 11.5 Å². The Balaban J connectivity index is 0.00000324. The Kier molecular flexibility index (Phi) is 11.6. The average molecular weight is 555 g/mol. The number of hydrogen-bond acceptors (Lipinski definition) is 3. The lowest BCUT2D eigenvalue weighted by molar-refractivity contribution is -0.138. The van der Waals surface area contributed by atoms with Crippen molar-refractivity contribution in [2.45, 2.75) is 31.2 Å². The predicted octanol–water partition coefficient (Wildman–Crippen LogP) is 7.35. The van der Waals surface area contributed by atoms with Crippen LogP contribution in [0.4, 0.5) is 26.3 Å². The predicted molar refractivity (Wildman–Crippen MR) is 134 cm³/mol. The molecule has 0 fully saturated rings. The fourth-order valence-corrected chi connectivity index (χ4v) is 3.39. The molecule has 11 heteroatoms. The largest absolute Gasteiger partial charge is 0.492 e. The van der Waals surface area contributed by atoms with Crippen molar-refractivity contribution in [2.75, 3.05) is 13.2 Å². The van der Waals surface area contributed by atoms with Crippen LogP contribution in [0.5, 0.6) is 5.75 Å². The fourth-order valence-electron chi connectivity index (χ4n) is 3.39. The molecule has 198 valence electrons. The van der Waals surface area contributed by atoms with Gasteiger partial charge in [-0.2, -0.15) is 26.3 Å². The van der Waals surface area contributed by atoms with E-state index in [0.29, 0.717) is 41.0 Å². The highest BCUT2D eigenvalue weighted by Crippen LogP contribution is 2.36. The van der Waals surface area contributed by atoms with Crippen LogP contribution in [0.25, 0.3) is 22.3 Å². The molecule has 3 rings (SSSR count). The summed E-state index contributed by atoms with van der Waals surface area (Å²) in [4.78, 5) is 0. The molecule has 0 aliphatic carbocycles. The molecule has 0 aromatic heterocycles. The lowest BCUT2D eigenvalue weighted by atomic mass is 9.97. The maximum absolute atomic E-state index is 12.9. The second-order valence-electron chi connectivity index (χ2n) is 7.90. The minimum absolute atomic E-state index is 0. The molecule has 0 spiro atoms. The van der Waals surface area contributed by atoms with Crippen LogP contribution in [0.1, 0.15) is 24.0 Å². The van der Waals surface area contributed by atoms with E-state index in [9.17, 15) is 26.3 Å². The van der Waals surface area contributed by atoms with E-state index in [4.69, 9.17) is 16.2 Å². The zero-order chi connectivity index (χ0) is 24.9. The highest BCUT2D eigenvalue weighted by molar-refractivity contribution is 5.85. The van der Waals surface area contributed by atoms with Gasteiger partial charge in [-0.3, -0.25) is 0 Å². The van der Waals surface area contributed by atoms with Crippen molar-refractivity contribution in [3.8, 4) is 28.0 Å². The summed E-state index contributed by atoms with van der Waals surface area (Å²) in [6.07, 6.45) is -7.54. The van der Waals surface area contributed by atoms with Crippen LogP contribution in [0, 0.1) is 0 Å². The second kappa shape index (κ2) is 13.2. The third-order valence-electron chi connectivity index (χ3n) is 5.24. The maximum Gasteiger partial charge on any atom is 0.416 e. The Morgan fingerprint density at radius 1 is 0.667 bits per heavy atom. The summed E-state index contributed by atoms with van der Waals surface area (Å²) in [6, 6.07) is 14.0. The monoisotopic (exact) mass is 554 g/mol. The summed E-state index contributed by atoms with van der Waals surface area (Å²) in [5.74, 6) is 0.399. The molecule has 0 unspecified atom stereocenters. The SMILES string of the molecule is Cl.Cl.NCCC[C@H](N)COc1cc(-c2ccc(C(F)(F)F)cc2)cc(-c2ccc(C(F)(F)F)cc2)c1. The van der Waals surface area contributed by atoms with E-state index in [1.807, 2.05) is 0 Å². The van der Waals surface area contributed by atoms with Gasteiger partial charge in [-0.05, 0) is 84.1 Å². The standard InChI is InChI=1S/C25H24F6N2O.2ClH/c26-24(27,28)20-7-3-16(4-8-20)18-12-19(17-5-9-21(10-6-17)25(29,30)31)14-23(13-18)34-15-22(33)2-1-11-32;;/h3-10,12-14,22H,1-2,11,15,32-33H2;2*1H/t22-;;/m0../s1. The molecular formula is C25H26Cl2F6N2O. The second-order valence-corrected chi connectivity index (χ2v) is 7.90. The van der Waals surface area contributed by atoms with Gasteiger partial charge in [0.05, 0.1) is 11.1 Å². The molecule has 0 saturated carbocycles. The van der Waals surface area contributed by atoms with Gasteiger partial charge in [0, 0.05) is 6.04 Å². The first-order chi connectivity index (χ1) is 16.0. The highest BCUT2D eigenvalue weighted by atomic mass is 35.5. The topological polar surface area (TPSA) is 61.3 Å². The van der Waals surface area contributed by atoms with Crippen LogP contribution in [0.3, 0.4) is 0 Å². The van der Waals surface area contributed by atoms with Gasteiger partial charge in [-0.1, -0.05) is 24.3 Å². The molecule has 3 aromatic carbocycles. The lowest BCUT2D eigenvalue weighted by Gasteiger charge is -2.16. The van der Waals surface area contributed by atoms with E-state index in [1.54, 1.807) is 18.2 Å². The molecule has 0 bridgehead atoms. The van der Waals surface area contributed by atoms with Crippen LogP contribution in [0.15, 0.2) is 66.7 Å². The van der Waals surface area contributed by atoms with Gasteiger partial charge in [0.25, 0.3) is 0 Å². The number of ether oxygens (including phenoxy) is 1. The number of rotatable bonds is 8. The van der Waals surface area contributed by atoms with Crippen molar-refractivity contribution in [1.29, 1.82) is 0 Å². The van der Waals surface area contributed by atoms with Gasteiger partial charge in [0.2, 0.25) is 0 Å². The number of benzene rings is 3. The van der Waals surface area contributed by atoms with Gasteiger partial charge in [0.15, 0.2) is 0 Å². The summed E-state index contributed by atoms with van der Waals surface area (Å²) >= 11 is 0. The van der Waals surface area contributed by atoms with Crippen molar-refractivity contribution >= 4 is 24.8 Å². The van der Waals surface area contributed by atoms with Gasteiger partial charge in [0.1, 0.15) is 12.4 Å². The first-order valence-corrected chi connectivity index (χ1v) is 10.6. The van der Waals surface area contributed by atoms with Crippen LogP contribution in [0.2, 0.25) is 0 Å². The molecular weight excluding hydrogens is 529 g/mol. The van der Waals surface area contributed by atoms with Gasteiger partial charge in [-0.25, -0.2) is 0 Å². The minimum atomic E-state index is -4.46. The molecule has 0 amide bonds. The number of alkyl halides is 6. The van der Waals surface area contributed by atoms with Crippen molar-refractivity contribution in [3.05, 3.63) is 77.9 Å². The van der Waals surface area contributed by atoms with Crippen molar-refractivity contribution in [1.82, 2.24) is 0 Å². The van der Waals surface area contributed by atoms with Crippen molar-refractivity contribution in [3.63, 3.8) is 0 Å². The average Bonchev–Trinajstić information content (AvgIpc) is 2.80. The number of halogens is 8. The first kappa shape index (κ1) is 31.6. The molecule has 36 heavy (non-hydrogen) atoms. The molecule has 3 aromatic rings. The van der Waals surface area contributed by atoms with E-state index in [1.165, 1.54) is 24.3 Å². The van der Waals surface area contributed by atoms with Crippen molar-refractivity contribution < 1.29 is 31.1 Å². The highest BCUT2D eigenvalue weighted by Gasteiger charge is 2.30. The fraction of sp³-hybridized carbons (Fsp3) is 0.280. The molecule has 0 aliphatic heterocycles. The van der Waals surface area contributed by atoms with Crippen LogP contribution in [-0.4, -0.2) is 19.2 Å². The number of hydrogen-bond donors (Lipinski definition) is 2. The van der Waals surface area contributed by atoms with E-state index in [-0.39, 0.29) is 37.5 Å². The number of nitrogens with two attached hydrogens (primary N) is 2. The van der Waals surface area contributed by atoms with Gasteiger partial charge < -0.3 is 16.2 Å². The van der Waals surface area contributed by atoms with Crippen LogP contribution < -0.4 is 16.2 Å².